The van der Waals surface area contributed by atoms with Crippen molar-refractivity contribution in [3.8, 4) is 0 Å². The SMILES string of the molecule is CC(C)(C)OC(=O)NC(C)(C)C(=O)N[C@H](CCc1ccccc1)C(=O)OCc1ccccc1. The molecule has 0 saturated heterocycles. The average Bonchev–Trinajstić information content (AvgIpc) is 2.74. The lowest BCUT2D eigenvalue weighted by Gasteiger charge is -2.29. The first-order chi connectivity index (χ1) is 15.5. The summed E-state index contributed by atoms with van der Waals surface area (Å²) in [7, 11) is 0. The Hall–Kier alpha value is -3.35. The molecule has 0 aliphatic heterocycles. The molecule has 2 amide bonds. The fraction of sp³-hybridized carbons (Fsp3) is 0.423. The Bertz CT molecular complexity index is 921. The number of hydrogen-bond donors (Lipinski definition) is 2. The second-order valence-corrected chi connectivity index (χ2v) is 9.40. The van der Waals surface area contributed by atoms with Gasteiger partial charge in [-0.05, 0) is 58.6 Å². The summed E-state index contributed by atoms with van der Waals surface area (Å²) in [5, 5.41) is 5.31. The van der Waals surface area contributed by atoms with Gasteiger partial charge in [0.05, 0.1) is 0 Å². The van der Waals surface area contributed by atoms with E-state index < -0.39 is 35.2 Å². The van der Waals surface area contributed by atoms with E-state index in [0.29, 0.717) is 12.8 Å². The fourth-order valence-corrected chi connectivity index (χ4v) is 2.99. The molecule has 0 saturated carbocycles. The quantitative estimate of drug-likeness (QED) is 0.555. The first kappa shape index (κ1) is 25.9. The van der Waals surface area contributed by atoms with E-state index in [0.717, 1.165) is 11.1 Å². The predicted molar refractivity (Wildman–Crippen MR) is 126 cm³/mol. The van der Waals surface area contributed by atoms with E-state index in [4.69, 9.17) is 9.47 Å². The zero-order valence-electron chi connectivity index (χ0n) is 20.0. The summed E-state index contributed by atoms with van der Waals surface area (Å²) in [6.45, 7) is 8.43. The van der Waals surface area contributed by atoms with E-state index in [1.165, 1.54) is 0 Å². The molecule has 7 heteroatoms. The number of rotatable bonds is 9. The molecule has 0 bridgehead atoms. The van der Waals surface area contributed by atoms with Crippen LogP contribution in [0.5, 0.6) is 0 Å². The molecule has 2 aromatic rings. The molecule has 7 nitrogen and oxygen atoms in total. The van der Waals surface area contributed by atoms with E-state index in [2.05, 4.69) is 10.6 Å². The summed E-state index contributed by atoms with van der Waals surface area (Å²) in [5.41, 5.74) is -0.104. The van der Waals surface area contributed by atoms with Gasteiger partial charge in [0.15, 0.2) is 0 Å². The summed E-state index contributed by atoms with van der Waals surface area (Å²) in [6.07, 6.45) is 0.216. The lowest BCUT2D eigenvalue weighted by atomic mass is 10.0. The van der Waals surface area contributed by atoms with Gasteiger partial charge in [0.1, 0.15) is 23.8 Å². The first-order valence-electron chi connectivity index (χ1n) is 11.0. The van der Waals surface area contributed by atoms with Gasteiger partial charge in [-0.15, -0.1) is 0 Å². The molecule has 0 unspecified atom stereocenters. The number of amides is 2. The van der Waals surface area contributed by atoms with Crippen LogP contribution in [-0.4, -0.2) is 35.2 Å². The van der Waals surface area contributed by atoms with Gasteiger partial charge in [-0.1, -0.05) is 60.7 Å². The van der Waals surface area contributed by atoms with Crippen LogP contribution in [0, 0.1) is 0 Å². The van der Waals surface area contributed by atoms with Crippen LogP contribution in [0.4, 0.5) is 4.79 Å². The molecule has 2 N–H and O–H groups in total. The fourth-order valence-electron chi connectivity index (χ4n) is 2.99. The first-order valence-corrected chi connectivity index (χ1v) is 11.0. The van der Waals surface area contributed by atoms with Gasteiger partial charge in [0.2, 0.25) is 5.91 Å². The van der Waals surface area contributed by atoms with Crippen molar-refractivity contribution in [2.75, 3.05) is 0 Å². The lowest BCUT2D eigenvalue weighted by Crippen LogP contribution is -2.58. The van der Waals surface area contributed by atoms with Crippen molar-refractivity contribution >= 4 is 18.0 Å². The van der Waals surface area contributed by atoms with Gasteiger partial charge in [0, 0.05) is 0 Å². The van der Waals surface area contributed by atoms with Crippen molar-refractivity contribution in [3.63, 3.8) is 0 Å². The summed E-state index contributed by atoms with van der Waals surface area (Å²) < 4.78 is 10.7. The zero-order chi connectivity index (χ0) is 24.5. The van der Waals surface area contributed by atoms with Crippen LogP contribution in [0.3, 0.4) is 0 Å². The van der Waals surface area contributed by atoms with Gasteiger partial charge >= 0.3 is 12.1 Å². The van der Waals surface area contributed by atoms with Crippen molar-refractivity contribution in [1.82, 2.24) is 10.6 Å². The minimum atomic E-state index is -1.30. The Morgan fingerprint density at radius 1 is 0.848 bits per heavy atom. The number of alkyl carbamates (subject to hydrolysis) is 1. The monoisotopic (exact) mass is 454 g/mol. The number of ether oxygens (including phenoxy) is 2. The third-order valence-electron chi connectivity index (χ3n) is 4.76. The maximum atomic E-state index is 13.0. The van der Waals surface area contributed by atoms with Crippen LogP contribution >= 0.6 is 0 Å². The van der Waals surface area contributed by atoms with E-state index in [1.54, 1.807) is 34.6 Å². The minimum absolute atomic E-state index is 0.108. The molecule has 0 spiro atoms. The van der Waals surface area contributed by atoms with Crippen LogP contribution in [0.2, 0.25) is 0 Å². The van der Waals surface area contributed by atoms with Gasteiger partial charge in [-0.3, -0.25) is 4.79 Å². The molecule has 2 rings (SSSR count). The Balaban J connectivity index is 2.06. The standard InChI is InChI=1S/C26H34N2O5/c1-25(2,3)33-24(31)28-26(4,5)23(30)27-21(17-16-19-12-8-6-9-13-19)22(29)32-18-20-14-10-7-11-15-20/h6-15,21H,16-18H2,1-5H3,(H,27,30)(H,28,31)/t21-/m1/s1. The Kier molecular flexibility index (Phi) is 9.02. The molecule has 33 heavy (non-hydrogen) atoms. The molecule has 178 valence electrons. The molecular formula is C26H34N2O5. The highest BCUT2D eigenvalue weighted by Crippen LogP contribution is 2.12. The van der Waals surface area contributed by atoms with E-state index >= 15 is 0 Å². The third-order valence-corrected chi connectivity index (χ3v) is 4.76. The van der Waals surface area contributed by atoms with E-state index in [1.807, 2.05) is 60.7 Å². The molecule has 0 radical (unpaired) electrons. The number of hydrogen-bond acceptors (Lipinski definition) is 5. The highest BCUT2D eigenvalue weighted by molar-refractivity contribution is 5.92. The van der Waals surface area contributed by atoms with Crippen molar-refractivity contribution in [2.45, 2.75) is 71.2 Å². The van der Waals surface area contributed by atoms with Crippen LogP contribution in [-0.2, 0) is 32.1 Å². The molecule has 0 aliphatic carbocycles. The molecule has 1 atom stereocenters. The summed E-state index contributed by atoms with van der Waals surface area (Å²) in [6, 6.07) is 18.1. The Labute approximate surface area is 195 Å². The van der Waals surface area contributed by atoms with Gasteiger partial charge in [0.25, 0.3) is 0 Å². The molecule has 0 aromatic heterocycles. The zero-order valence-corrected chi connectivity index (χ0v) is 20.0. The maximum Gasteiger partial charge on any atom is 0.408 e. The van der Waals surface area contributed by atoms with Crippen LogP contribution in [0.25, 0.3) is 0 Å². The number of aryl methyl sites for hydroxylation is 1. The largest absolute Gasteiger partial charge is 0.459 e. The smallest absolute Gasteiger partial charge is 0.408 e. The number of carbonyl (C=O) groups excluding carboxylic acids is 3. The number of benzene rings is 2. The van der Waals surface area contributed by atoms with Crippen molar-refractivity contribution in [3.05, 3.63) is 71.8 Å². The van der Waals surface area contributed by atoms with E-state index in [9.17, 15) is 14.4 Å². The van der Waals surface area contributed by atoms with Crippen molar-refractivity contribution < 1.29 is 23.9 Å². The van der Waals surface area contributed by atoms with Crippen LogP contribution in [0.1, 0.15) is 52.2 Å². The van der Waals surface area contributed by atoms with Crippen LogP contribution in [0.15, 0.2) is 60.7 Å². The van der Waals surface area contributed by atoms with Crippen molar-refractivity contribution in [1.29, 1.82) is 0 Å². The number of carbonyl (C=O) groups is 3. The summed E-state index contributed by atoms with van der Waals surface area (Å²) in [5.74, 6) is -1.04. The number of esters is 1. The highest BCUT2D eigenvalue weighted by atomic mass is 16.6. The van der Waals surface area contributed by atoms with E-state index in [-0.39, 0.29) is 6.61 Å². The third kappa shape index (κ3) is 9.35. The second-order valence-electron chi connectivity index (χ2n) is 9.40. The summed E-state index contributed by atoms with van der Waals surface area (Å²) in [4.78, 5) is 38.0. The maximum absolute atomic E-state index is 13.0. The average molecular weight is 455 g/mol. The lowest BCUT2D eigenvalue weighted by molar-refractivity contribution is -0.149. The molecular weight excluding hydrogens is 420 g/mol. The molecule has 2 aromatic carbocycles. The minimum Gasteiger partial charge on any atom is -0.459 e. The predicted octanol–water partition coefficient (Wildman–Crippen LogP) is 4.15. The Morgan fingerprint density at radius 2 is 1.39 bits per heavy atom. The van der Waals surface area contributed by atoms with Crippen molar-refractivity contribution in [2.24, 2.45) is 0 Å². The van der Waals surface area contributed by atoms with Gasteiger partial charge in [-0.25, -0.2) is 9.59 Å². The topological polar surface area (TPSA) is 93.7 Å². The molecule has 0 aliphatic rings. The molecule has 0 heterocycles. The normalized spacial score (nSPS) is 12.4. The molecule has 0 fully saturated rings. The number of nitrogens with one attached hydrogen (secondary N) is 2. The summed E-state index contributed by atoms with van der Waals surface area (Å²) >= 11 is 0. The Morgan fingerprint density at radius 3 is 1.94 bits per heavy atom. The van der Waals surface area contributed by atoms with Gasteiger partial charge < -0.3 is 20.1 Å². The van der Waals surface area contributed by atoms with Crippen LogP contribution < -0.4 is 10.6 Å². The van der Waals surface area contributed by atoms with Gasteiger partial charge in [-0.2, -0.15) is 0 Å². The second kappa shape index (κ2) is 11.5. The highest BCUT2D eigenvalue weighted by Gasteiger charge is 2.34.